The van der Waals surface area contributed by atoms with Crippen LogP contribution in [0.1, 0.15) is 46.0 Å². The van der Waals surface area contributed by atoms with Crippen molar-refractivity contribution in [3.05, 3.63) is 0 Å². The van der Waals surface area contributed by atoms with Gasteiger partial charge >= 0.3 is 12.0 Å². The lowest BCUT2D eigenvalue weighted by Gasteiger charge is -2.36. The zero-order chi connectivity index (χ0) is 15.7. The van der Waals surface area contributed by atoms with Crippen LogP contribution in [0.4, 0.5) is 4.79 Å². The van der Waals surface area contributed by atoms with E-state index in [9.17, 15) is 9.59 Å². The highest BCUT2D eigenvalue weighted by Gasteiger charge is 2.21. The fourth-order valence-electron chi connectivity index (χ4n) is 2.50. The average molecular weight is 299 g/mol. The highest BCUT2D eigenvalue weighted by atomic mass is 16.4. The molecule has 0 aromatic carbocycles. The molecule has 0 aliphatic carbocycles. The Bertz CT molecular complexity index is 326. The van der Waals surface area contributed by atoms with Crippen molar-refractivity contribution in [3.8, 4) is 0 Å². The first-order valence-corrected chi connectivity index (χ1v) is 7.99. The number of amides is 2. The Balaban J connectivity index is 2.03. The molecule has 2 N–H and O–H groups in total. The third kappa shape index (κ3) is 7.32. The topological polar surface area (TPSA) is 72.9 Å². The first kappa shape index (κ1) is 17.8. The van der Waals surface area contributed by atoms with Gasteiger partial charge in [-0.1, -0.05) is 12.8 Å². The lowest BCUT2D eigenvalue weighted by Crippen LogP contribution is -2.53. The third-order valence-corrected chi connectivity index (χ3v) is 3.93. The summed E-state index contributed by atoms with van der Waals surface area (Å²) in [6.45, 7) is 8.52. The second kappa shape index (κ2) is 9.60. The molecule has 1 saturated heterocycles. The molecule has 6 heteroatoms. The second-order valence-corrected chi connectivity index (χ2v) is 5.91. The number of rotatable bonds is 8. The van der Waals surface area contributed by atoms with Crippen LogP contribution in [0.3, 0.4) is 0 Å². The molecular weight excluding hydrogens is 270 g/mol. The second-order valence-electron chi connectivity index (χ2n) is 5.91. The Kier molecular flexibility index (Phi) is 8.12. The SMILES string of the molecule is CC(C)N1CCN(C(=O)NCCCCCCC(=O)O)CC1. The van der Waals surface area contributed by atoms with Crippen molar-refractivity contribution in [2.75, 3.05) is 32.7 Å². The van der Waals surface area contributed by atoms with Gasteiger partial charge in [-0.25, -0.2) is 4.79 Å². The maximum absolute atomic E-state index is 12.0. The standard InChI is InChI=1S/C15H29N3O3/c1-13(2)17-9-11-18(12-10-17)15(21)16-8-6-4-3-5-7-14(19)20/h13H,3-12H2,1-2H3,(H,16,21)(H,19,20). The third-order valence-electron chi connectivity index (χ3n) is 3.93. The molecule has 0 bridgehead atoms. The van der Waals surface area contributed by atoms with Gasteiger partial charge in [0.05, 0.1) is 0 Å². The highest BCUT2D eigenvalue weighted by Crippen LogP contribution is 2.06. The number of carbonyl (C=O) groups excluding carboxylic acids is 1. The Hall–Kier alpha value is -1.30. The predicted molar refractivity (Wildman–Crippen MR) is 82.4 cm³/mol. The maximum Gasteiger partial charge on any atom is 0.317 e. The van der Waals surface area contributed by atoms with Crippen molar-refractivity contribution < 1.29 is 14.7 Å². The number of hydrogen-bond acceptors (Lipinski definition) is 3. The molecule has 2 amide bonds. The van der Waals surface area contributed by atoms with E-state index in [4.69, 9.17) is 5.11 Å². The quantitative estimate of drug-likeness (QED) is 0.670. The minimum atomic E-state index is -0.733. The van der Waals surface area contributed by atoms with E-state index < -0.39 is 5.97 Å². The van der Waals surface area contributed by atoms with Crippen LogP contribution in [-0.2, 0) is 4.79 Å². The van der Waals surface area contributed by atoms with Crippen molar-refractivity contribution in [1.29, 1.82) is 0 Å². The molecule has 1 aliphatic heterocycles. The smallest absolute Gasteiger partial charge is 0.317 e. The molecule has 0 radical (unpaired) electrons. The lowest BCUT2D eigenvalue weighted by atomic mass is 10.1. The van der Waals surface area contributed by atoms with Crippen LogP contribution >= 0.6 is 0 Å². The molecule has 1 aliphatic rings. The molecule has 21 heavy (non-hydrogen) atoms. The van der Waals surface area contributed by atoms with Gasteiger partial charge < -0.3 is 15.3 Å². The normalized spacial score (nSPS) is 16.2. The Morgan fingerprint density at radius 2 is 1.67 bits per heavy atom. The number of carbonyl (C=O) groups is 2. The minimum absolute atomic E-state index is 0.0314. The van der Waals surface area contributed by atoms with Crippen LogP contribution in [0.2, 0.25) is 0 Å². The summed E-state index contributed by atoms with van der Waals surface area (Å²) in [5, 5.41) is 11.5. The molecule has 0 unspecified atom stereocenters. The number of urea groups is 1. The van der Waals surface area contributed by atoms with Crippen LogP contribution in [0.5, 0.6) is 0 Å². The predicted octanol–water partition coefficient (Wildman–Crippen LogP) is 1.76. The minimum Gasteiger partial charge on any atom is -0.481 e. The van der Waals surface area contributed by atoms with Gasteiger partial charge in [0.25, 0.3) is 0 Å². The summed E-state index contributed by atoms with van der Waals surface area (Å²) in [5.41, 5.74) is 0. The van der Waals surface area contributed by atoms with Gasteiger partial charge in [-0.3, -0.25) is 9.69 Å². The Morgan fingerprint density at radius 3 is 2.24 bits per heavy atom. The van der Waals surface area contributed by atoms with E-state index in [1.807, 2.05) is 4.90 Å². The molecule has 0 saturated carbocycles. The Labute approximate surface area is 127 Å². The first-order chi connectivity index (χ1) is 10.0. The fraction of sp³-hybridized carbons (Fsp3) is 0.867. The summed E-state index contributed by atoms with van der Waals surface area (Å²) < 4.78 is 0. The maximum atomic E-state index is 12.0. The summed E-state index contributed by atoms with van der Waals surface area (Å²) in [4.78, 5) is 26.6. The molecule has 1 fully saturated rings. The van der Waals surface area contributed by atoms with E-state index in [0.29, 0.717) is 12.6 Å². The summed E-state index contributed by atoms with van der Waals surface area (Å²) in [6.07, 6.45) is 3.76. The molecule has 6 nitrogen and oxygen atoms in total. The molecule has 0 spiro atoms. The van der Waals surface area contributed by atoms with E-state index >= 15 is 0 Å². The van der Waals surface area contributed by atoms with Gasteiger partial charge in [-0.2, -0.15) is 0 Å². The molecule has 1 rings (SSSR count). The van der Waals surface area contributed by atoms with Crippen LogP contribution in [0.25, 0.3) is 0 Å². The fourth-order valence-corrected chi connectivity index (χ4v) is 2.50. The van der Waals surface area contributed by atoms with E-state index in [1.54, 1.807) is 0 Å². The molecule has 0 aromatic heterocycles. The van der Waals surface area contributed by atoms with E-state index in [0.717, 1.165) is 51.9 Å². The number of carboxylic acids is 1. The van der Waals surface area contributed by atoms with Crippen LogP contribution < -0.4 is 5.32 Å². The van der Waals surface area contributed by atoms with Crippen molar-refractivity contribution in [1.82, 2.24) is 15.1 Å². The monoisotopic (exact) mass is 299 g/mol. The summed E-state index contributed by atoms with van der Waals surface area (Å²) >= 11 is 0. The lowest BCUT2D eigenvalue weighted by molar-refractivity contribution is -0.137. The van der Waals surface area contributed by atoms with Crippen molar-refractivity contribution >= 4 is 12.0 Å². The van der Waals surface area contributed by atoms with Gasteiger partial charge in [0.2, 0.25) is 0 Å². The van der Waals surface area contributed by atoms with E-state index in [1.165, 1.54) is 0 Å². The molecule has 0 aromatic rings. The molecule has 0 atom stereocenters. The number of unbranched alkanes of at least 4 members (excludes halogenated alkanes) is 3. The zero-order valence-corrected chi connectivity index (χ0v) is 13.3. The summed E-state index contributed by atoms with van der Waals surface area (Å²) in [6, 6.07) is 0.574. The largest absolute Gasteiger partial charge is 0.481 e. The van der Waals surface area contributed by atoms with Crippen LogP contribution in [0, 0.1) is 0 Å². The highest BCUT2D eigenvalue weighted by molar-refractivity contribution is 5.74. The van der Waals surface area contributed by atoms with Crippen molar-refractivity contribution in [2.24, 2.45) is 0 Å². The molecule has 1 heterocycles. The number of piperazine rings is 1. The average Bonchev–Trinajstić information content (AvgIpc) is 2.45. The number of hydrogen-bond donors (Lipinski definition) is 2. The van der Waals surface area contributed by atoms with Crippen LogP contribution in [-0.4, -0.2) is 65.7 Å². The van der Waals surface area contributed by atoms with Gasteiger partial charge in [0.1, 0.15) is 0 Å². The van der Waals surface area contributed by atoms with Gasteiger partial charge in [0, 0.05) is 45.2 Å². The van der Waals surface area contributed by atoms with Crippen LogP contribution in [0.15, 0.2) is 0 Å². The van der Waals surface area contributed by atoms with Gasteiger partial charge in [-0.05, 0) is 26.7 Å². The number of carboxylic acid groups (broad SMARTS) is 1. The first-order valence-electron chi connectivity index (χ1n) is 7.99. The molecule has 122 valence electrons. The van der Waals surface area contributed by atoms with Gasteiger partial charge in [-0.15, -0.1) is 0 Å². The number of nitrogens with one attached hydrogen (secondary N) is 1. The summed E-state index contributed by atoms with van der Waals surface area (Å²) in [5.74, 6) is -0.733. The Morgan fingerprint density at radius 1 is 1.05 bits per heavy atom. The number of aliphatic carboxylic acids is 1. The van der Waals surface area contributed by atoms with Gasteiger partial charge in [0.15, 0.2) is 0 Å². The molecular formula is C15H29N3O3. The zero-order valence-electron chi connectivity index (χ0n) is 13.3. The van der Waals surface area contributed by atoms with E-state index in [2.05, 4.69) is 24.1 Å². The van der Waals surface area contributed by atoms with Crippen molar-refractivity contribution in [2.45, 2.75) is 52.0 Å². The number of nitrogens with zero attached hydrogens (tertiary/aromatic N) is 2. The summed E-state index contributed by atoms with van der Waals surface area (Å²) in [7, 11) is 0. The van der Waals surface area contributed by atoms with Crippen molar-refractivity contribution in [3.63, 3.8) is 0 Å². The van der Waals surface area contributed by atoms with E-state index in [-0.39, 0.29) is 12.5 Å².